The molecule has 2 rings (SSSR count). The normalized spacial score (nSPS) is 29.4. The summed E-state index contributed by atoms with van der Waals surface area (Å²) in [7, 11) is 0. The van der Waals surface area contributed by atoms with Crippen LogP contribution in [-0.2, 0) is 9.47 Å². The van der Waals surface area contributed by atoms with Gasteiger partial charge in [0.25, 0.3) is 0 Å². The lowest BCUT2D eigenvalue weighted by Crippen LogP contribution is -2.57. The predicted molar refractivity (Wildman–Crippen MR) is 68.6 cm³/mol. The van der Waals surface area contributed by atoms with Crippen molar-refractivity contribution in [2.24, 2.45) is 0 Å². The third-order valence-corrected chi connectivity index (χ3v) is 3.36. The molecule has 2 aliphatic heterocycles. The molecule has 0 aliphatic carbocycles. The zero-order valence-corrected chi connectivity index (χ0v) is 11.6. The van der Waals surface area contributed by atoms with E-state index < -0.39 is 5.60 Å². The highest BCUT2D eigenvalue weighted by atomic mass is 16.6. The van der Waals surface area contributed by atoms with Crippen LogP contribution in [0.2, 0.25) is 0 Å². The predicted octanol–water partition coefficient (Wildman–Crippen LogP) is 1.37. The molecule has 18 heavy (non-hydrogen) atoms. The van der Waals surface area contributed by atoms with E-state index in [1.54, 1.807) is 0 Å². The molecule has 2 saturated heterocycles. The minimum atomic E-state index is -0.441. The van der Waals surface area contributed by atoms with E-state index in [-0.39, 0.29) is 12.1 Å². The smallest absolute Gasteiger partial charge is 0.410 e. The minimum absolute atomic E-state index is 0.107. The lowest BCUT2D eigenvalue weighted by atomic mass is 10.0. The number of hydrogen-bond donors (Lipinski definition) is 1. The van der Waals surface area contributed by atoms with Crippen LogP contribution in [0.1, 0.15) is 33.6 Å². The second kappa shape index (κ2) is 5.45. The number of nitrogens with one attached hydrogen (secondary N) is 1. The summed E-state index contributed by atoms with van der Waals surface area (Å²) in [6.07, 6.45) is 2.06. The summed E-state index contributed by atoms with van der Waals surface area (Å²) >= 11 is 0. The van der Waals surface area contributed by atoms with E-state index >= 15 is 0 Å². The summed E-state index contributed by atoms with van der Waals surface area (Å²) in [5.74, 6) is 0. The summed E-state index contributed by atoms with van der Waals surface area (Å²) in [5.41, 5.74) is -0.441. The number of carbonyl (C=O) groups excluding carboxylic acids is 1. The van der Waals surface area contributed by atoms with E-state index in [2.05, 4.69) is 5.32 Å². The number of rotatable bonds is 1. The Balaban J connectivity index is 2.00. The number of ether oxygens (including phenoxy) is 2. The molecule has 0 saturated carbocycles. The van der Waals surface area contributed by atoms with Gasteiger partial charge in [-0.1, -0.05) is 0 Å². The lowest BCUT2D eigenvalue weighted by Gasteiger charge is -2.39. The third kappa shape index (κ3) is 3.36. The van der Waals surface area contributed by atoms with Crippen LogP contribution in [0.5, 0.6) is 0 Å². The molecule has 0 aromatic rings. The Labute approximate surface area is 109 Å². The van der Waals surface area contributed by atoms with Gasteiger partial charge in [-0.15, -0.1) is 0 Å². The number of nitrogens with zero attached hydrogens (tertiary/aromatic N) is 1. The van der Waals surface area contributed by atoms with Crippen LogP contribution in [0.15, 0.2) is 0 Å². The number of hydrogen-bond acceptors (Lipinski definition) is 4. The van der Waals surface area contributed by atoms with E-state index in [4.69, 9.17) is 9.47 Å². The molecule has 5 heteroatoms. The van der Waals surface area contributed by atoms with Crippen molar-refractivity contribution in [1.29, 1.82) is 0 Å². The fraction of sp³-hybridized carbons (Fsp3) is 0.923. The van der Waals surface area contributed by atoms with Crippen LogP contribution in [0.3, 0.4) is 0 Å². The van der Waals surface area contributed by atoms with Gasteiger partial charge in [-0.3, -0.25) is 4.90 Å². The number of morpholine rings is 1. The van der Waals surface area contributed by atoms with Gasteiger partial charge < -0.3 is 14.8 Å². The average Bonchev–Trinajstić information content (AvgIpc) is 2.80. The Morgan fingerprint density at radius 1 is 1.44 bits per heavy atom. The van der Waals surface area contributed by atoms with E-state index in [0.29, 0.717) is 25.8 Å². The number of amides is 1. The maximum Gasteiger partial charge on any atom is 0.410 e. The first kappa shape index (κ1) is 13.6. The second-order valence-corrected chi connectivity index (χ2v) is 6.02. The fourth-order valence-electron chi connectivity index (χ4n) is 2.54. The van der Waals surface area contributed by atoms with Crippen molar-refractivity contribution in [3.8, 4) is 0 Å². The van der Waals surface area contributed by atoms with Crippen molar-refractivity contribution in [1.82, 2.24) is 10.2 Å². The molecule has 2 aliphatic rings. The van der Waals surface area contributed by atoms with Gasteiger partial charge in [0.2, 0.25) is 0 Å². The second-order valence-electron chi connectivity index (χ2n) is 6.02. The van der Waals surface area contributed by atoms with Crippen molar-refractivity contribution >= 4 is 6.09 Å². The summed E-state index contributed by atoms with van der Waals surface area (Å²) in [6, 6.07) is 0.453. The van der Waals surface area contributed by atoms with Crippen LogP contribution in [-0.4, -0.2) is 55.0 Å². The van der Waals surface area contributed by atoms with Crippen LogP contribution >= 0.6 is 0 Å². The molecule has 1 N–H and O–H groups in total. The van der Waals surface area contributed by atoms with Crippen LogP contribution in [0.4, 0.5) is 4.79 Å². The van der Waals surface area contributed by atoms with Crippen molar-refractivity contribution < 1.29 is 14.3 Å². The first-order chi connectivity index (χ1) is 8.47. The molecule has 2 fully saturated rings. The summed E-state index contributed by atoms with van der Waals surface area (Å²) in [5, 5.41) is 3.44. The molecule has 0 spiro atoms. The SMILES string of the molecule is CC(C)(C)OC(=O)N1CCOCC1C1CCCN1. The van der Waals surface area contributed by atoms with Gasteiger partial charge in [0.15, 0.2) is 0 Å². The molecule has 0 radical (unpaired) electrons. The Hall–Kier alpha value is -0.810. The molecular formula is C13H24N2O3. The van der Waals surface area contributed by atoms with Gasteiger partial charge >= 0.3 is 6.09 Å². The summed E-state index contributed by atoms with van der Waals surface area (Å²) in [6.45, 7) is 8.55. The molecule has 0 aromatic heterocycles. The zero-order valence-electron chi connectivity index (χ0n) is 11.6. The van der Waals surface area contributed by atoms with Gasteiger partial charge in [-0.05, 0) is 40.2 Å². The van der Waals surface area contributed by atoms with E-state index in [1.807, 2.05) is 25.7 Å². The van der Waals surface area contributed by atoms with Crippen molar-refractivity contribution in [2.45, 2.75) is 51.3 Å². The van der Waals surface area contributed by atoms with Crippen molar-refractivity contribution in [3.63, 3.8) is 0 Å². The Bertz CT molecular complexity index is 295. The minimum Gasteiger partial charge on any atom is -0.444 e. The highest BCUT2D eigenvalue weighted by Crippen LogP contribution is 2.20. The first-order valence-electron chi connectivity index (χ1n) is 6.78. The highest BCUT2D eigenvalue weighted by molar-refractivity contribution is 5.68. The fourth-order valence-corrected chi connectivity index (χ4v) is 2.54. The molecular weight excluding hydrogens is 232 g/mol. The number of carbonyl (C=O) groups is 1. The third-order valence-electron chi connectivity index (χ3n) is 3.36. The molecule has 2 atom stereocenters. The maximum absolute atomic E-state index is 12.2. The molecule has 1 amide bonds. The van der Waals surface area contributed by atoms with Gasteiger partial charge in [-0.25, -0.2) is 4.79 Å². The van der Waals surface area contributed by atoms with Crippen molar-refractivity contribution in [2.75, 3.05) is 26.3 Å². The van der Waals surface area contributed by atoms with E-state index in [1.165, 1.54) is 6.42 Å². The maximum atomic E-state index is 12.2. The molecule has 104 valence electrons. The Kier molecular flexibility index (Phi) is 4.12. The molecule has 0 bridgehead atoms. The monoisotopic (exact) mass is 256 g/mol. The van der Waals surface area contributed by atoms with Crippen LogP contribution < -0.4 is 5.32 Å². The molecule has 5 nitrogen and oxygen atoms in total. The summed E-state index contributed by atoms with van der Waals surface area (Å²) in [4.78, 5) is 14.0. The average molecular weight is 256 g/mol. The highest BCUT2D eigenvalue weighted by Gasteiger charge is 2.36. The summed E-state index contributed by atoms with van der Waals surface area (Å²) < 4.78 is 11.0. The van der Waals surface area contributed by atoms with Gasteiger partial charge in [-0.2, -0.15) is 0 Å². The first-order valence-corrected chi connectivity index (χ1v) is 6.78. The largest absolute Gasteiger partial charge is 0.444 e. The Morgan fingerprint density at radius 2 is 2.22 bits per heavy atom. The Morgan fingerprint density at radius 3 is 2.83 bits per heavy atom. The molecule has 2 heterocycles. The standard InChI is InChI=1S/C13H24N2O3/c1-13(2,3)18-12(16)15-7-8-17-9-11(15)10-5-4-6-14-10/h10-11,14H,4-9H2,1-3H3. The van der Waals surface area contributed by atoms with Gasteiger partial charge in [0.1, 0.15) is 5.60 Å². The molecule has 0 aromatic carbocycles. The topological polar surface area (TPSA) is 50.8 Å². The lowest BCUT2D eigenvalue weighted by molar-refractivity contribution is -0.0394. The van der Waals surface area contributed by atoms with E-state index in [0.717, 1.165) is 13.0 Å². The van der Waals surface area contributed by atoms with Crippen LogP contribution in [0.25, 0.3) is 0 Å². The molecule has 2 unspecified atom stereocenters. The van der Waals surface area contributed by atoms with Crippen molar-refractivity contribution in [3.05, 3.63) is 0 Å². The van der Waals surface area contributed by atoms with Gasteiger partial charge in [0, 0.05) is 12.6 Å². The van der Waals surface area contributed by atoms with E-state index in [9.17, 15) is 4.79 Å². The van der Waals surface area contributed by atoms with Gasteiger partial charge in [0.05, 0.1) is 19.3 Å². The zero-order chi connectivity index (χ0) is 13.2. The van der Waals surface area contributed by atoms with Crippen LogP contribution in [0, 0.1) is 0 Å². The quantitative estimate of drug-likeness (QED) is 0.770.